The molecule has 146 valence electrons. The van der Waals surface area contributed by atoms with Crippen LogP contribution in [-0.2, 0) is 16.1 Å². The van der Waals surface area contributed by atoms with E-state index >= 15 is 0 Å². The second kappa shape index (κ2) is 11.9. The molecule has 1 N–H and O–H groups in total. The van der Waals surface area contributed by atoms with Gasteiger partial charge in [0.15, 0.2) is 5.96 Å². The van der Waals surface area contributed by atoms with E-state index in [0.717, 1.165) is 30.9 Å². The summed E-state index contributed by atoms with van der Waals surface area (Å²) in [5, 5.41) is 3.36. The number of carbonyl (C=O) groups excluding carboxylic acids is 1. The Morgan fingerprint density at radius 2 is 2.23 bits per heavy atom. The summed E-state index contributed by atoms with van der Waals surface area (Å²) in [6.45, 7) is 6.93. The smallest absolute Gasteiger partial charge is 0.310 e. The molecule has 0 spiro atoms. The lowest BCUT2D eigenvalue weighted by molar-refractivity contribution is -0.149. The Morgan fingerprint density at radius 3 is 2.92 bits per heavy atom. The molecule has 1 aromatic rings. The Balaban J connectivity index is 0.00000338. The van der Waals surface area contributed by atoms with Crippen molar-refractivity contribution in [3.05, 3.63) is 23.9 Å². The van der Waals surface area contributed by atoms with Crippen molar-refractivity contribution in [2.45, 2.75) is 33.2 Å². The number of guanidine groups is 1. The van der Waals surface area contributed by atoms with Gasteiger partial charge >= 0.3 is 5.97 Å². The van der Waals surface area contributed by atoms with Gasteiger partial charge in [0.2, 0.25) is 5.88 Å². The number of ether oxygens (including phenoxy) is 2. The van der Waals surface area contributed by atoms with E-state index in [4.69, 9.17) is 9.47 Å². The van der Waals surface area contributed by atoms with Gasteiger partial charge in [0.25, 0.3) is 0 Å². The lowest BCUT2D eigenvalue weighted by Crippen LogP contribution is -2.48. The Kier molecular flexibility index (Phi) is 10.3. The number of carbonyl (C=O) groups is 1. The highest BCUT2D eigenvalue weighted by atomic mass is 127. The first-order valence-corrected chi connectivity index (χ1v) is 8.87. The fraction of sp³-hybridized carbons (Fsp3) is 0.611. The maximum atomic E-state index is 12.0. The molecule has 0 radical (unpaired) electrons. The van der Waals surface area contributed by atoms with E-state index in [1.54, 1.807) is 13.2 Å². The van der Waals surface area contributed by atoms with Crippen LogP contribution in [-0.4, -0.2) is 55.2 Å². The molecule has 0 aliphatic carbocycles. The minimum atomic E-state index is -0.113. The summed E-state index contributed by atoms with van der Waals surface area (Å²) in [7, 11) is 1.76. The average Bonchev–Trinajstić information content (AvgIpc) is 2.63. The summed E-state index contributed by atoms with van der Waals surface area (Å²) in [4.78, 5) is 22.7. The number of likely N-dealkylation sites (tertiary alicyclic amines) is 1. The first kappa shape index (κ1) is 22.5. The molecule has 1 aromatic heterocycles. The number of nitrogens with zero attached hydrogens (tertiary/aromatic N) is 3. The van der Waals surface area contributed by atoms with Crippen molar-refractivity contribution in [3.63, 3.8) is 0 Å². The molecule has 1 saturated heterocycles. The molecule has 0 amide bonds. The van der Waals surface area contributed by atoms with Crippen LogP contribution in [0.3, 0.4) is 0 Å². The molecule has 2 rings (SSSR count). The van der Waals surface area contributed by atoms with Crippen molar-refractivity contribution in [3.8, 4) is 5.88 Å². The fourth-order valence-corrected chi connectivity index (χ4v) is 2.92. The summed E-state index contributed by atoms with van der Waals surface area (Å²) in [5.74, 6) is 1.22. The number of aliphatic imine (C=N–C) groups is 1. The van der Waals surface area contributed by atoms with E-state index < -0.39 is 0 Å². The zero-order chi connectivity index (χ0) is 18.1. The molecule has 1 aliphatic heterocycles. The Morgan fingerprint density at radius 1 is 1.42 bits per heavy atom. The SMILES string of the molecule is CCOC(=O)C1CCCN(C(=NC)NCc2ccnc(OCC)c2)C1.I. The van der Waals surface area contributed by atoms with Gasteiger partial charge in [0.05, 0.1) is 19.1 Å². The van der Waals surface area contributed by atoms with Crippen LogP contribution < -0.4 is 10.1 Å². The van der Waals surface area contributed by atoms with Gasteiger partial charge in [0.1, 0.15) is 0 Å². The van der Waals surface area contributed by atoms with Gasteiger partial charge in [-0.1, -0.05) is 0 Å². The minimum absolute atomic E-state index is 0. The highest BCUT2D eigenvalue weighted by Crippen LogP contribution is 2.18. The first-order valence-electron chi connectivity index (χ1n) is 8.87. The number of hydrogen-bond donors (Lipinski definition) is 1. The number of rotatable bonds is 6. The molecule has 1 fully saturated rings. The number of esters is 1. The van der Waals surface area contributed by atoms with Crippen molar-refractivity contribution in [2.75, 3.05) is 33.4 Å². The number of hydrogen-bond acceptors (Lipinski definition) is 5. The molecule has 0 aromatic carbocycles. The molecule has 1 unspecified atom stereocenters. The van der Waals surface area contributed by atoms with E-state index in [1.165, 1.54) is 0 Å². The summed E-state index contributed by atoms with van der Waals surface area (Å²) in [6.07, 6.45) is 3.56. The number of pyridine rings is 1. The second-order valence-corrected chi connectivity index (χ2v) is 5.87. The molecule has 1 atom stereocenters. The van der Waals surface area contributed by atoms with Crippen LogP contribution >= 0.6 is 24.0 Å². The number of piperidine rings is 1. The highest BCUT2D eigenvalue weighted by Gasteiger charge is 2.28. The van der Waals surface area contributed by atoms with Crippen LogP contribution in [0.15, 0.2) is 23.3 Å². The molecule has 1 aliphatic rings. The lowest BCUT2D eigenvalue weighted by Gasteiger charge is -2.34. The van der Waals surface area contributed by atoms with Crippen molar-refractivity contribution in [1.82, 2.24) is 15.2 Å². The van der Waals surface area contributed by atoms with Gasteiger partial charge in [-0.15, -0.1) is 24.0 Å². The van der Waals surface area contributed by atoms with E-state index in [1.807, 2.05) is 26.0 Å². The molecular formula is C18H29IN4O3. The quantitative estimate of drug-likeness (QED) is 0.294. The average molecular weight is 476 g/mol. The van der Waals surface area contributed by atoms with Crippen molar-refractivity contribution in [2.24, 2.45) is 10.9 Å². The summed E-state index contributed by atoms with van der Waals surface area (Å²) in [6, 6.07) is 3.86. The normalized spacial score (nSPS) is 17.3. The van der Waals surface area contributed by atoms with Crippen LogP contribution in [0.2, 0.25) is 0 Å². The van der Waals surface area contributed by atoms with Crippen molar-refractivity contribution in [1.29, 1.82) is 0 Å². The molecule has 0 saturated carbocycles. The topological polar surface area (TPSA) is 76.0 Å². The van der Waals surface area contributed by atoms with Gasteiger partial charge in [-0.05, 0) is 38.3 Å². The van der Waals surface area contributed by atoms with Crippen LogP contribution in [0.4, 0.5) is 0 Å². The maximum absolute atomic E-state index is 12.0. The standard InChI is InChI=1S/C18H28N4O3.HI/c1-4-24-16-11-14(8-9-20-16)12-21-18(19-3)22-10-6-7-15(13-22)17(23)25-5-2;/h8-9,11,15H,4-7,10,12-13H2,1-3H3,(H,19,21);1H. The predicted octanol–water partition coefficient (Wildman–Crippen LogP) is 2.45. The van der Waals surface area contributed by atoms with E-state index in [-0.39, 0.29) is 35.9 Å². The van der Waals surface area contributed by atoms with E-state index in [2.05, 4.69) is 20.2 Å². The van der Waals surface area contributed by atoms with E-state index in [9.17, 15) is 4.79 Å². The number of halogens is 1. The Labute approximate surface area is 172 Å². The summed E-state index contributed by atoms with van der Waals surface area (Å²) in [5.41, 5.74) is 1.07. The zero-order valence-electron chi connectivity index (χ0n) is 15.7. The van der Waals surface area contributed by atoms with Gasteiger partial charge in [0, 0.05) is 38.9 Å². The largest absolute Gasteiger partial charge is 0.478 e. The fourth-order valence-electron chi connectivity index (χ4n) is 2.92. The Hall–Kier alpha value is -1.58. The van der Waals surface area contributed by atoms with Gasteiger partial charge < -0.3 is 19.7 Å². The predicted molar refractivity (Wildman–Crippen MR) is 112 cm³/mol. The summed E-state index contributed by atoms with van der Waals surface area (Å²) >= 11 is 0. The Bertz CT molecular complexity index is 598. The van der Waals surface area contributed by atoms with Crippen molar-refractivity contribution < 1.29 is 14.3 Å². The third-order valence-electron chi connectivity index (χ3n) is 4.09. The second-order valence-electron chi connectivity index (χ2n) is 5.87. The highest BCUT2D eigenvalue weighted by molar-refractivity contribution is 14.0. The zero-order valence-corrected chi connectivity index (χ0v) is 18.1. The molecule has 7 nitrogen and oxygen atoms in total. The van der Waals surface area contributed by atoms with Crippen LogP contribution in [0.1, 0.15) is 32.3 Å². The third-order valence-corrected chi connectivity index (χ3v) is 4.09. The van der Waals surface area contributed by atoms with Crippen LogP contribution in [0.25, 0.3) is 0 Å². The monoisotopic (exact) mass is 476 g/mol. The first-order chi connectivity index (χ1) is 12.2. The summed E-state index contributed by atoms with van der Waals surface area (Å²) < 4.78 is 10.6. The maximum Gasteiger partial charge on any atom is 0.310 e. The van der Waals surface area contributed by atoms with Crippen molar-refractivity contribution >= 4 is 35.9 Å². The van der Waals surface area contributed by atoms with Gasteiger partial charge in [-0.3, -0.25) is 9.79 Å². The third kappa shape index (κ3) is 6.62. The molecule has 2 heterocycles. The molecule has 26 heavy (non-hydrogen) atoms. The molecule has 0 bridgehead atoms. The number of nitrogens with one attached hydrogen (secondary N) is 1. The molecule has 8 heteroatoms. The van der Waals surface area contributed by atoms with Gasteiger partial charge in [-0.25, -0.2) is 4.98 Å². The van der Waals surface area contributed by atoms with Crippen LogP contribution in [0, 0.1) is 5.92 Å². The minimum Gasteiger partial charge on any atom is -0.478 e. The molecular weight excluding hydrogens is 447 g/mol. The van der Waals surface area contributed by atoms with E-state index in [0.29, 0.717) is 32.2 Å². The van der Waals surface area contributed by atoms with Crippen LogP contribution in [0.5, 0.6) is 5.88 Å². The lowest BCUT2D eigenvalue weighted by atomic mass is 9.98. The van der Waals surface area contributed by atoms with Gasteiger partial charge in [-0.2, -0.15) is 0 Å². The number of aromatic nitrogens is 1.